The molecule has 5 nitrogen and oxygen atoms in total. The zero-order chi connectivity index (χ0) is 17.8. The van der Waals surface area contributed by atoms with Crippen molar-refractivity contribution in [3.8, 4) is 0 Å². The van der Waals surface area contributed by atoms with Crippen molar-refractivity contribution in [2.24, 2.45) is 5.41 Å². The van der Waals surface area contributed by atoms with E-state index in [-0.39, 0.29) is 23.1 Å². The van der Waals surface area contributed by atoms with Crippen molar-refractivity contribution in [3.63, 3.8) is 0 Å². The monoisotopic (exact) mass is 341 g/mol. The van der Waals surface area contributed by atoms with Crippen LogP contribution in [0.5, 0.6) is 0 Å². The van der Waals surface area contributed by atoms with Crippen molar-refractivity contribution < 1.29 is 19.4 Å². The average Bonchev–Trinajstić information content (AvgIpc) is 2.44. The molecule has 23 heavy (non-hydrogen) atoms. The molecule has 1 amide bonds. The van der Waals surface area contributed by atoms with Crippen LogP contribution in [-0.2, 0) is 4.74 Å². The first kappa shape index (κ1) is 19.5. The fraction of sp³-hybridized carbons (Fsp3) is 0.529. The molecule has 0 aromatic heterocycles. The van der Waals surface area contributed by atoms with Crippen molar-refractivity contribution in [3.05, 3.63) is 34.3 Å². The number of esters is 1. The number of benzene rings is 1. The maximum Gasteiger partial charge on any atom is 0.338 e. The van der Waals surface area contributed by atoms with Gasteiger partial charge in [-0.3, -0.25) is 4.79 Å². The molecule has 0 saturated carbocycles. The Morgan fingerprint density at radius 3 is 2.39 bits per heavy atom. The Morgan fingerprint density at radius 1 is 1.30 bits per heavy atom. The predicted octanol–water partition coefficient (Wildman–Crippen LogP) is 3.34. The number of hydrogen-bond donors (Lipinski definition) is 1. The van der Waals surface area contributed by atoms with Crippen LogP contribution < -0.4 is 0 Å². The van der Waals surface area contributed by atoms with Gasteiger partial charge in [0.15, 0.2) is 0 Å². The van der Waals surface area contributed by atoms with Gasteiger partial charge in [0, 0.05) is 11.6 Å². The molecule has 1 aromatic rings. The van der Waals surface area contributed by atoms with E-state index in [0.29, 0.717) is 11.6 Å². The highest BCUT2D eigenvalue weighted by Crippen LogP contribution is 2.21. The third-order valence-corrected chi connectivity index (χ3v) is 3.36. The van der Waals surface area contributed by atoms with Gasteiger partial charge in [0.1, 0.15) is 6.23 Å². The summed E-state index contributed by atoms with van der Waals surface area (Å²) in [5.74, 6) is -1.05. The molecule has 0 saturated heterocycles. The molecule has 1 atom stereocenters. The Balaban J connectivity index is 3.15. The fourth-order valence-corrected chi connectivity index (χ4v) is 2.14. The van der Waals surface area contributed by atoms with Gasteiger partial charge in [0.2, 0.25) is 0 Å². The maximum absolute atomic E-state index is 12.6. The lowest BCUT2D eigenvalue weighted by Crippen LogP contribution is -2.39. The molecule has 0 aliphatic carbocycles. The van der Waals surface area contributed by atoms with Crippen LogP contribution in [0, 0.1) is 5.41 Å². The number of aliphatic hydroxyl groups is 1. The van der Waals surface area contributed by atoms with Crippen molar-refractivity contribution in [2.75, 3.05) is 13.2 Å². The van der Waals surface area contributed by atoms with E-state index in [2.05, 4.69) is 0 Å². The molecule has 0 spiro atoms. The molecular weight excluding hydrogens is 318 g/mol. The van der Waals surface area contributed by atoms with Crippen LogP contribution in [0.2, 0.25) is 5.02 Å². The molecule has 1 aromatic carbocycles. The third kappa shape index (κ3) is 5.52. The van der Waals surface area contributed by atoms with Crippen LogP contribution in [0.3, 0.4) is 0 Å². The van der Waals surface area contributed by atoms with Crippen LogP contribution in [0.25, 0.3) is 0 Å². The number of hydrogen-bond acceptors (Lipinski definition) is 4. The summed E-state index contributed by atoms with van der Waals surface area (Å²) in [6.07, 6.45) is -0.968. The van der Waals surface area contributed by atoms with Gasteiger partial charge >= 0.3 is 5.97 Å². The first-order chi connectivity index (χ1) is 10.6. The van der Waals surface area contributed by atoms with Crippen LogP contribution in [0.4, 0.5) is 0 Å². The molecule has 0 aliphatic heterocycles. The first-order valence-electron chi connectivity index (χ1n) is 7.52. The van der Waals surface area contributed by atoms with Gasteiger partial charge < -0.3 is 14.7 Å². The number of carbonyl (C=O) groups is 2. The summed E-state index contributed by atoms with van der Waals surface area (Å²) in [6, 6.07) is 4.42. The lowest BCUT2D eigenvalue weighted by atomic mass is 9.98. The number of ether oxygens (including phenoxy) is 1. The highest BCUT2D eigenvalue weighted by Gasteiger charge is 2.25. The lowest BCUT2D eigenvalue weighted by molar-refractivity contribution is 0.0191. The summed E-state index contributed by atoms with van der Waals surface area (Å²) in [4.78, 5) is 26.1. The first-order valence-corrected chi connectivity index (χ1v) is 7.90. The minimum absolute atomic E-state index is 0.124. The number of amides is 1. The molecule has 0 radical (unpaired) electrons. The largest absolute Gasteiger partial charge is 0.462 e. The van der Waals surface area contributed by atoms with E-state index in [9.17, 15) is 14.7 Å². The summed E-state index contributed by atoms with van der Waals surface area (Å²) in [5.41, 5.74) is 0.0864. The van der Waals surface area contributed by atoms with E-state index >= 15 is 0 Å². The highest BCUT2D eigenvalue weighted by molar-refractivity contribution is 6.31. The van der Waals surface area contributed by atoms with E-state index < -0.39 is 18.1 Å². The summed E-state index contributed by atoms with van der Waals surface area (Å²) >= 11 is 5.96. The van der Waals surface area contributed by atoms with Crippen molar-refractivity contribution in [1.82, 2.24) is 4.90 Å². The van der Waals surface area contributed by atoms with Crippen molar-refractivity contribution >= 4 is 23.5 Å². The van der Waals surface area contributed by atoms with Crippen LogP contribution in [-0.4, -0.2) is 41.3 Å². The number of halogens is 1. The molecule has 128 valence electrons. The number of aliphatic hydroxyl groups excluding tert-OH is 1. The quantitative estimate of drug-likeness (QED) is 0.659. The Hall–Kier alpha value is -1.59. The Bertz CT molecular complexity index is 578. The van der Waals surface area contributed by atoms with Gasteiger partial charge in [0.05, 0.1) is 17.7 Å². The Morgan fingerprint density at radius 2 is 1.91 bits per heavy atom. The van der Waals surface area contributed by atoms with Crippen LogP contribution >= 0.6 is 11.6 Å². The molecular formula is C17H24ClNO4. The molecule has 1 N–H and O–H groups in total. The van der Waals surface area contributed by atoms with Crippen LogP contribution in [0.15, 0.2) is 18.2 Å². The van der Waals surface area contributed by atoms with Gasteiger partial charge in [-0.05, 0) is 37.5 Å². The molecule has 0 bridgehead atoms. The van der Waals surface area contributed by atoms with E-state index in [1.165, 1.54) is 30.0 Å². The molecule has 0 fully saturated rings. The summed E-state index contributed by atoms with van der Waals surface area (Å²) < 4.78 is 5.28. The standard InChI is InChI=1S/C17H24ClNO4/c1-6-19(11(2)20)15(21)14-9-12(18)7-8-13(14)16(22)23-10-17(3,4)5/h7-9,11,20H,6,10H2,1-5H3. The second kappa shape index (κ2) is 7.79. The molecule has 1 unspecified atom stereocenters. The van der Waals surface area contributed by atoms with Gasteiger partial charge in [-0.1, -0.05) is 32.4 Å². The van der Waals surface area contributed by atoms with Crippen molar-refractivity contribution in [2.45, 2.75) is 40.8 Å². The number of rotatable bonds is 5. The minimum atomic E-state index is -0.968. The Labute approximate surface area is 142 Å². The van der Waals surface area contributed by atoms with E-state index in [1.54, 1.807) is 6.92 Å². The summed E-state index contributed by atoms with van der Waals surface area (Å²) in [5, 5.41) is 10.0. The zero-order valence-electron chi connectivity index (χ0n) is 14.2. The van der Waals surface area contributed by atoms with Gasteiger partial charge in [-0.25, -0.2) is 4.79 Å². The zero-order valence-corrected chi connectivity index (χ0v) is 15.0. The highest BCUT2D eigenvalue weighted by atomic mass is 35.5. The second-order valence-corrected chi connectivity index (χ2v) is 6.99. The lowest BCUT2D eigenvalue weighted by Gasteiger charge is -2.25. The molecule has 1 rings (SSSR count). The third-order valence-electron chi connectivity index (χ3n) is 3.12. The van der Waals surface area contributed by atoms with Gasteiger partial charge in [-0.15, -0.1) is 0 Å². The average molecular weight is 342 g/mol. The normalized spacial score (nSPS) is 12.7. The smallest absolute Gasteiger partial charge is 0.338 e. The SMILES string of the molecule is CCN(C(=O)c1cc(Cl)ccc1C(=O)OCC(C)(C)C)C(C)O. The molecule has 0 aliphatic rings. The predicted molar refractivity (Wildman–Crippen MR) is 89.6 cm³/mol. The van der Waals surface area contributed by atoms with Crippen molar-refractivity contribution in [1.29, 1.82) is 0 Å². The molecule has 6 heteroatoms. The second-order valence-electron chi connectivity index (χ2n) is 6.55. The fourth-order valence-electron chi connectivity index (χ4n) is 1.96. The number of nitrogens with zero attached hydrogens (tertiary/aromatic N) is 1. The maximum atomic E-state index is 12.6. The Kier molecular flexibility index (Phi) is 6.59. The summed E-state index contributed by atoms with van der Waals surface area (Å²) in [7, 11) is 0. The van der Waals surface area contributed by atoms with E-state index in [0.717, 1.165) is 0 Å². The van der Waals surface area contributed by atoms with Gasteiger partial charge in [-0.2, -0.15) is 0 Å². The number of carbonyl (C=O) groups excluding carboxylic acids is 2. The summed E-state index contributed by atoms with van der Waals surface area (Å²) in [6.45, 7) is 9.60. The van der Waals surface area contributed by atoms with Crippen LogP contribution in [0.1, 0.15) is 55.3 Å². The van der Waals surface area contributed by atoms with E-state index in [4.69, 9.17) is 16.3 Å². The minimum Gasteiger partial charge on any atom is -0.462 e. The topological polar surface area (TPSA) is 66.8 Å². The molecule has 0 heterocycles. The van der Waals surface area contributed by atoms with Gasteiger partial charge in [0.25, 0.3) is 5.91 Å². The van der Waals surface area contributed by atoms with E-state index in [1.807, 2.05) is 20.8 Å².